The monoisotopic (exact) mass is 267 g/mol. The van der Waals surface area contributed by atoms with Crippen LogP contribution in [0.15, 0.2) is 18.2 Å². The average molecular weight is 268 g/mol. The lowest BCUT2D eigenvalue weighted by molar-refractivity contribution is 0.596. The third-order valence-electron chi connectivity index (χ3n) is 3.30. The highest BCUT2D eigenvalue weighted by atomic mass is 35.5. The molecule has 2 heteroatoms. The van der Waals surface area contributed by atoms with Crippen LogP contribution >= 0.6 is 11.6 Å². The number of rotatable bonds is 9. The molecule has 102 valence electrons. The van der Waals surface area contributed by atoms with Gasteiger partial charge in [-0.3, -0.25) is 0 Å². The van der Waals surface area contributed by atoms with Gasteiger partial charge in [0.2, 0.25) is 0 Å². The first-order valence-electron chi connectivity index (χ1n) is 7.24. The molecule has 0 unspecified atom stereocenters. The van der Waals surface area contributed by atoms with Crippen molar-refractivity contribution in [2.24, 2.45) is 0 Å². The number of hydrogen-bond acceptors (Lipinski definition) is 1. The molecule has 0 aliphatic heterocycles. The quantitative estimate of drug-likeness (QED) is 0.557. The van der Waals surface area contributed by atoms with Crippen molar-refractivity contribution in [3.63, 3.8) is 0 Å². The third kappa shape index (κ3) is 6.30. The van der Waals surface area contributed by atoms with Crippen molar-refractivity contribution < 1.29 is 0 Å². The second-order valence-electron chi connectivity index (χ2n) is 5.01. The molecule has 0 atom stereocenters. The van der Waals surface area contributed by atoms with Crippen LogP contribution in [0, 0.1) is 6.92 Å². The Morgan fingerprint density at radius 2 is 1.67 bits per heavy atom. The molecule has 0 aliphatic rings. The number of halogens is 1. The lowest BCUT2D eigenvalue weighted by Gasteiger charge is -2.09. The molecule has 1 aromatic rings. The summed E-state index contributed by atoms with van der Waals surface area (Å²) in [5, 5.41) is 4.28. The lowest BCUT2D eigenvalue weighted by Crippen LogP contribution is -2.02. The van der Waals surface area contributed by atoms with Crippen LogP contribution in [0.4, 0.5) is 5.69 Å². The van der Waals surface area contributed by atoms with Gasteiger partial charge in [0.15, 0.2) is 0 Å². The van der Waals surface area contributed by atoms with Gasteiger partial charge in [-0.2, -0.15) is 0 Å². The smallest absolute Gasteiger partial charge is 0.0426 e. The van der Waals surface area contributed by atoms with E-state index in [1.54, 1.807) is 0 Å². The van der Waals surface area contributed by atoms with E-state index in [4.69, 9.17) is 11.6 Å². The van der Waals surface area contributed by atoms with E-state index >= 15 is 0 Å². The van der Waals surface area contributed by atoms with Crippen LogP contribution in [-0.4, -0.2) is 6.54 Å². The minimum Gasteiger partial charge on any atom is -0.385 e. The molecule has 0 aromatic heterocycles. The molecule has 0 fully saturated rings. The van der Waals surface area contributed by atoms with Gasteiger partial charge in [0.25, 0.3) is 0 Å². The second-order valence-corrected chi connectivity index (χ2v) is 5.44. The molecule has 0 spiro atoms. The Labute approximate surface area is 117 Å². The topological polar surface area (TPSA) is 12.0 Å². The van der Waals surface area contributed by atoms with E-state index in [0.29, 0.717) is 0 Å². The van der Waals surface area contributed by atoms with Gasteiger partial charge in [-0.1, -0.05) is 63.1 Å². The fourth-order valence-corrected chi connectivity index (χ4v) is 2.26. The van der Waals surface area contributed by atoms with E-state index in [-0.39, 0.29) is 0 Å². The first-order chi connectivity index (χ1) is 8.74. The van der Waals surface area contributed by atoms with Crippen molar-refractivity contribution in [1.29, 1.82) is 0 Å². The molecule has 18 heavy (non-hydrogen) atoms. The summed E-state index contributed by atoms with van der Waals surface area (Å²) in [6.45, 7) is 5.43. The summed E-state index contributed by atoms with van der Waals surface area (Å²) in [5.74, 6) is 0. The maximum Gasteiger partial charge on any atom is 0.0426 e. The standard InChI is InChI=1S/C16H26ClN/c1-3-4-5-6-7-8-9-12-18-16-13-15(17)11-10-14(16)2/h10-11,13,18H,3-9,12H2,1-2H3. The maximum atomic E-state index is 5.99. The number of hydrogen-bond donors (Lipinski definition) is 1. The molecule has 1 N–H and O–H groups in total. The predicted octanol–water partition coefficient (Wildman–Crippen LogP) is 5.81. The molecule has 1 aromatic carbocycles. The minimum absolute atomic E-state index is 0.808. The largest absolute Gasteiger partial charge is 0.385 e. The molecule has 0 bridgehead atoms. The van der Waals surface area contributed by atoms with E-state index in [1.165, 1.54) is 56.2 Å². The Morgan fingerprint density at radius 3 is 2.39 bits per heavy atom. The molecule has 0 saturated carbocycles. The zero-order chi connectivity index (χ0) is 13.2. The van der Waals surface area contributed by atoms with Gasteiger partial charge >= 0.3 is 0 Å². The summed E-state index contributed by atoms with van der Waals surface area (Å²) in [6.07, 6.45) is 9.46. The molecule has 0 radical (unpaired) electrons. The summed E-state index contributed by atoms with van der Waals surface area (Å²) in [7, 11) is 0. The number of aryl methyl sites for hydroxylation is 1. The summed E-state index contributed by atoms with van der Waals surface area (Å²) in [5.41, 5.74) is 2.44. The SMILES string of the molecule is CCCCCCCCCNc1cc(Cl)ccc1C. The van der Waals surface area contributed by atoms with Gasteiger partial charge in [-0.05, 0) is 31.0 Å². The van der Waals surface area contributed by atoms with Crippen LogP contribution < -0.4 is 5.32 Å². The summed E-state index contributed by atoms with van der Waals surface area (Å²) >= 11 is 5.99. The van der Waals surface area contributed by atoms with Gasteiger partial charge < -0.3 is 5.32 Å². The average Bonchev–Trinajstić information content (AvgIpc) is 2.36. The fourth-order valence-electron chi connectivity index (χ4n) is 2.09. The Bertz CT molecular complexity index is 336. The zero-order valence-corrected chi connectivity index (χ0v) is 12.5. The number of nitrogens with one attached hydrogen (secondary N) is 1. The van der Waals surface area contributed by atoms with Gasteiger partial charge in [0.05, 0.1) is 0 Å². The van der Waals surface area contributed by atoms with Crippen LogP contribution in [0.5, 0.6) is 0 Å². The Balaban J connectivity index is 2.09. The molecular formula is C16H26ClN. The molecule has 0 heterocycles. The van der Waals surface area contributed by atoms with E-state index in [1.807, 2.05) is 12.1 Å². The van der Waals surface area contributed by atoms with Crippen molar-refractivity contribution >= 4 is 17.3 Å². The van der Waals surface area contributed by atoms with Crippen molar-refractivity contribution in [2.45, 2.75) is 58.8 Å². The third-order valence-corrected chi connectivity index (χ3v) is 3.53. The number of benzene rings is 1. The van der Waals surface area contributed by atoms with Gasteiger partial charge in [0.1, 0.15) is 0 Å². The summed E-state index contributed by atoms with van der Waals surface area (Å²) < 4.78 is 0. The van der Waals surface area contributed by atoms with Crippen molar-refractivity contribution in [2.75, 3.05) is 11.9 Å². The second kappa shape index (κ2) is 9.27. The van der Waals surface area contributed by atoms with E-state index in [2.05, 4.69) is 25.2 Å². The Kier molecular flexibility index (Phi) is 7.91. The van der Waals surface area contributed by atoms with E-state index in [9.17, 15) is 0 Å². The number of anilines is 1. The van der Waals surface area contributed by atoms with Crippen molar-refractivity contribution in [3.05, 3.63) is 28.8 Å². The molecule has 0 amide bonds. The molecule has 0 aliphatic carbocycles. The predicted molar refractivity (Wildman–Crippen MR) is 82.7 cm³/mol. The highest BCUT2D eigenvalue weighted by molar-refractivity contribution is 6.30. The summed E-state index contributed by atoms with van der Waals surface area (Å²) in [4.78, 5) is 0. The summed E-state index contributed by atoms with van der Waals surface area (Å²) in [6, 6.07) is 6.02. The highest BCUT2D eigenvalue weighted by Crippen LogP contribution is 2.20. The lowest BCUT2D eigenvalue weighted by atomic mass is 10.1. The maximum absolute atomic E-state index is 5.99. The minimum atomic E-state index is 0.808. The molecule has 1 rings (SSSR count). The van der Waals surface area contributed by atoms with Crippen LogP contribution in [0.3, 0.4) is 0 Å². The highest BCUT2D eigenvalue weighted by Gasteiger charge is 1.98. The molecular weight excluding hydrogens is 242 g/mol. The van der Waals surface area contributed by atoms with Gasteiger partial charge in [-0.25, -0.2) is 0 Å². The van der Waals surface area contributed by atoms with E-state index < -0.39 is 0 Å². The van der Waals surface area contributed by atoms with Crippen LogP contribution in [-0.2, 0) is 0 Å². The normalized spacial score (nSPS) is 10.6. The first kappa shape index (κ1) is 15.4. The van der Waals surface area contributed by atoms with Crippen LogP contribution in [0.2, 0.25) is 5.02 Å². The van der Waals surface area contributed by atoms with Crippen LogP contribution in [0.1, 0.15) is 57.4 Å². The van der Waals surface area contributed by atoms with Crippen molar-refractivity contribution in [1.82, 2.24) is 0 Å². The fraction of sp³-hybridized carbons (Fsp3) is 0.625. The van der Waals surface area contributed by atoms with Gasteiger partial charge in [-0.15, -0.1) is 0 Å². The Hall–Kier alpha value is -0.690. The van der Waals surface area contributed by atoms with Crippen molar-refractivity contribution in [3.8, 4) is 0 Å². The molecule has 0 saturated heterocycles. The zero-order valence-electron chi connectivity index (χ0n) is 11.8. The first-order valence-corrected chi connectivity index (χ1v) is 7.62. The van der Waals surface area contributed by atoms with Gasteiger partial charge in [0, 0.05) is 17.3 Å². The molecule has 1 nitrogen and oxygen atoms in total. The van der Waals surface area contributed by atoms with Crippen LogP contribution in [0.25, 0.3) is 0 Å². The Morgan fingerprint density at radius 1 is 1.00 bits per heavy atom. The van der Waals surface area contributed by atoms with E-state index in [0.717, 1.165) is 11.6 Å². The number of unbranched alkanes of at least 4 members (excludes halogenated alkanes) is 6.